The van der Waals surface area contributed by atoms with Gasteiger partial charge in [0.15, 0.2) is 11.6 Å². The van der Waals surface area contributed by atoms with Crippen LogP contribution in [0.5, 0.6) is 0 Å². The molecule has 4 rings (SSSR count). The number of nitrogens with zero attached hydrogens (tertiary/aromatic N) is 2. The van der Waals surface area contributed by atoms with Crippen molar-refractivity contribution >= 4 is 23.2 Å². The average Bonchev–Trinajstić information content (AvgIpc) is 3.27. The zero-order valence-electron chi connectivity index (χ0n) is 16.3. The second-order valence-corrected chi connectivity index (χ2v) is 7.35. The number of primary amides is 1. The molecule has 0 bridgehead atoms. The third-order valence-electron chi connectivity index (χ3n) is 5.22. The summed E-state index contributed by atoms with van der Waals surface area (Å²) < 4.78 is 19.7. The lowest BCUT2D eigenvalue weighted by Crippen LogP contribution is -2.43. The third-order valence-corrected chi connectivity index (χ3v) is 5.22. The van der Waals surface area contributed by atoms with E-state index in [1.807, 2.05) is 0 Å². The van der Waals surface area contributed by atoms with E-state index in [4.69, 9.17) is 15.9 Å². The largest absolute Gasteiger partial charge is 0.472 e. The SMILES string of the molecule is NC(=O)c1cc(F)c(NC2CCCCC2N)nc1Nc1ccnc(-c2ccoc2)c1. The zero-order chi connectivity index (χ0) is 21.1. The molecular formula is C21H23FN6O2. The van der Waals surface area contributed by atoms with Crippen LogP contribution in [0.15, 0.2) is 47.4 Å². The molecule has 156 valence electrons. The van der Waals surface area contributed by atoms with Crippen molar-refractivity contribution in [3.05, 3.63) is 54.4 Å². The molecule has 6 N–H and O–H groups in total. The summed E-state index contributed by atoms with van der Waals surface area (Å²) in [6.07, 6.45) is 8.52. The second kappa shape index (κ2) is 8.50. The number of nitrogens with two attached hydrogens (primary N) is 2. The van der Waals surface area contributed by atoms with Gasteiger partial charge in [-0.1, -0.05) is 12.8 Å². The molecule has 1 amide bonds. The highest BCUT2D eigenvalue weighted by Gasteiger charge is 2.24. The molecule has 0 spiro atoms. The molecule has 9 heteroatoms. The number of carbonyl (C=O) groups excluding carboxylic acids is 1. The number of hydrogen-bond donors (Lipinski definition) is 4. The van der Waals surface area contributed by atoms with E-state index in [0.717, 1.165) is 37.3 Å². The van der Waals surface area contributed by atoms with Gasteiger partial charge in [-0.15, -0.1) is 0 Å². The lowest BCUT2D eigenvalue weighted by atomic mass is 9.91. The maximum absolute atomic E-state index is 14.6. The predicted molar refractivity (Wildman–Crippen MR) is 112 cm³/mol. The first-order chi connectivity index (χ1) is 14.5. The van der Waals surface area contributed by atoms with E-state index in [1.54, 1.807) is 36.9 Å². The van der Waals surface area contributed by atoms with Crippen LogP contribution in [-0.4, -0.2) is 28.0 Å². The van der Waals surface area contributed by atoms with Crippen LogP contribution in [0.3, 0.4) is 0 Å². The van der Waals surface area contributed by atoms with Crippen LogP contribution >= 0.6 is 0 Å². The van der Waals surface area contributed by atoms with Crippen LogP contribution in [0.4, 0.5) is 21.7 Å². The second-order valence-electron chi connectivity index (χ2n) is 7.35. The van der Waals surface area contributed by atoms with Gasteiger partial charge >= 0.3 is 0 Å². The molecule has 0 aliphatic heterocycles. The van der Waals surface area contributed by atoms with Gasteiger partial charge in [0.2, 0.25) is 0 Å². The minimum Gasteiger partial charge on any atom is -0.472 e. The zero-order valence-corrected chi connectivity index (χ0v) is 16.3. The minimum atomic E-state index is -0.783. The summed E-state index contributed by atoms with van der Waals surface area (Å²) in [6.45, 7) is 0. The standard InChI is InChI=1S/C21H23FN6O2/c22-15-10-14(19(24)29)20(28-21(15)27-17-4-2-1-3-16(17)23)26-13-5-7-25-18(9-13)12-6-8-30-11-12/h5-11,16-17H,1-4,23H2,(H2,24,29)(H2,25,26,27,28). The topological polar surface area (TPSA) is 132 Å². The number of amides is 1. The molecule has 30 heavy (non-hydrogen) atoms. The number of anilines is 3. The van der Waals surface area contributed by atoms with Crippen LogP contribution in [0.2, 0.25) is 0 Å². The summed E-state index contributed by atoms with van der Waals surface area (Å²) >= 11 is 0. The molecule has 3 heterocycles. The molecule has 3 aromatic rings. The Morgan fingerprint density at radius 1 is 1.20 bits per heavy atom. The maximum Gasteiger partial charge on any atom is 0.252 e. The smallest absolute Gasteiger partial charge is 0.252 e. The van der Waals surface area contributed by atoms with E-state index in [2.05, 4.69) is 20.6 Å². The van der Waals surface area contributed by atoms with Gasteiger partial charge in [-0.05, 0) is 37.1 Å². The van der Waals surface area contributed by atoms with Gasteiger partial charge in [0, 0.05) is 29.5 Å². The Balaban J connectivity index is 1.64. The molecule has 1 aliphatic carbocycles. The molecule has 1 saturated carbocycles. The van der Waals surface area contributed by atoms with E-state index >= 15 is 0 Å². The van der Waals surface area contributed by atoms with E-state index in [1.165, 1.54) is 0 Å². The molecule has 2 unspecified atom stereocenters. The summed E-state index contributed by atoms with van der Waals surface area (Å²) in [5.74, 6) is -1.25. The number of nitrogens with one attached hydrogen (secondary N) is 2. The predicted octanol–water partition coefficient (Wildman–Crippen LogP) is 3.40. The highest BCUT2D eigenvalue weighted by molar-refractivity contribution is 5.98. The summed E-state index contributed by atoms with van der Waals surface area (Å²) in [5.41, 5.74) is 13.6. The number of hydrogen-bond acceptors (Lipinski definition) is 7. The van der Waals surface area contributed by atoms with Gasteiger partial charge in [0.05, 0.1) is 23.8 Å². The number of aromatic nitrogens is 2. The molecular weight excluding hydrogens is 387 g/mol. The van der Waals surface area contributed by atoms with Crippen molar-refractivity contribution in [2.24, 2.45) is 11.5 Å². The van der Waals surface area contributed by atoms with E-state index in [9.17, 15) is 9.18 Å². The third kappa shape index (κ3) is 4.25. The van der Waals surface area contributed by atoms with Crippen LogP contribution in [-0.2, 0) is 0 Å². The van der Waals surface area contributed by atoms with Gasteiger partial charge in [-0.2, -0.15) is 0 Å². The molecule has 0 aromatic carbocycles. The number of rotatable bonds is 6. The van der Waals surface area contributed by atoms with Crippen LogP contribution < -0.4 is 22.1 Å². The Hall–Kier alpha value is -3.46. The maximum atomic E-state index is 14.6. The minimum absolute atomic E-state index is 0.0361. The molecule has 3 aromatic heterocycles. The number of furan rings is 1. The molecule has 1 aliphatic rings. The first-order valence-corrected chi connectivity index (χ1v) is 9.79. The van der Waals surface area contributed by atoms with Crippen LogP contribution in [0.1, 0.15) is 36.0 Å². The first kappa shape index (κ1) is 19.8. The Morgan fingerprint density at radius 3 is 2.77 bits per heavy atom. The lowest BCUT2D eigenvalue weighted by Gasteiger charge is -2.30. The first-order valence-electron chi connectivity index (χ1n) is 9.79. The fourth-order valence-electron chi connectivity index (χ4n) is 3.60. The Labute approximate surface area is 172 Å². The van der Waals surface area contributed by atoms with Gasteiger partial charge in [0.1, 0.15) is 5.82 Å². The number of halogens is 1. The monoisotopic (exact) mass is 410 g/mol. The van der Waals surface area contributed by atoms with Crippen LogP contribution in [0, 0.1) is 5.82 Å². The highest BCUT2D eigenvalue weighted by Crippen LogP contribution is 2.28. The normalized spacial score (nSPS) is 18.7. The lowest BCUT2D eigenvalue weighted by molar-refractivity contribution is 0.100. The molecule has 0 radical (unpaired) electrons. The van der Waals surface area contributed by atoms with Gasteiger partial charge in [0.25, 0.3) is 5.91 Å². The summed E-state index contributed by atoms with van der Waals surface area (Å²) in [5, 5.41) is 6.15. The van der Waals surface area contributed by atoms with Crippen molar-refractivity contribution in [1.29, 1.82) is 0 Å². The number of carbonyl (C=O) groups is 1. The fraction of sp³-hybridized carbons (Fsp3) is 0.286. The molecule has 0 saturated heterocycles. The molecule has 8 nitrogen and oxygen atoms in total. The van der Waals surface area contributed by atoms with Gasteiger partial charge in [-0.25, -0.2) is 9.37 Å². The van der Waals surface area contributed by atoms with Crippen molar-refractivity contribution < 1.29 is 13.6 Å². The van der Waals surface area contributed by atoms with Crippen molar-refractivity contribution in [1.82, 2.24) is 9.97 Å². The average molecular weight is 410 g/mol. The quantitative estimate of drug-likeness (QED) is 0.489. The van der Waals surface area contributed by atoms with E-state index in [-0.39, 0.29) is 29.3 Å². The van der Waals surface area contributed by atoms with Crippen molar-refractivity contribution in [3.63, 3.8) is 0 Å². The molecule has 2 atom stereocenters. The van der Waals surface area contributed by atoms with Gasteiger partial charge in [-0.3, -0.25) is 9.78 Å². The Kier molecular flexibility index (Phi) is 5.62. The van der Waals surface area contributed by atoms with Gasteiger partial charge < -0.3 is 26.5 Å². The summed E-state index contributed by atoms with van der Waals surface area (Å²) in [7, 11) is 0. The van der Waals surface area contributed by atoms with Crippen molar-refractivity contribution in [2.45, 2.75) is 37.8 Å². The van der Waals surface area contributed by atoms with Crippen molar-refractivity contribution in [2.75, 3.05) is 10.6 Å². The highest BCUT2D eigenvalue weighted by atomic mass is 19.1. The van der Waals surface area contributed by atoms with Crippen LogP contribution in [0.25, 0.3) is 11.3 Å². The van der Waals surface area contributed by atoms with E-state index in [0.29, 0.717) is 11.4 Å². The number of pyridine rings is 2. The fourth-order valence-corrected chi connectivity index (χ4v) is 3.60. The molecule has 1 fully saturated rings. The Morgan fingerprint density at radius 2 is 2.03 bits per heavy atom. The van der Waals surface area contributed by atoms with Crippen molar-refractivity contribution in [3.8, 4) is 11.3 Å². The summed E-state index contributed by atoms with van der Waals surface area (Å²) in [6, 6.07) is 6.19. The Bertz CT molecular complexity index is 1040. The van der Waals surface area contributed by atoms with E-state index < -0.39 is 11.7 Å². The summed E-state index contributed by atoms with van der Waals surface area (Å²) in [4.78, 5) is 20.5.